The summed E-state index contributed by atoms with van der Waals surface area (Å²) in [5.41, 5.74) is 2.00. The Bertz CT molecular complexity index is 904. The van der Waals surface area contributed by atoms with Crippen LogP contribution in [-0.4, -0.2) is 32.3 Å². The molecule has 0 saturated heterocycles. The fraction of sp³-hybridized carbons (Fsp3) is 0.118. The van der Waals surface area contributed by atoms with Crippen molar-refractivity contribution in [3.8, 4) is 16.9 Å². The first-order chi connectivity index (χ1) is 12.1. The van der Waals surface area contributed by atoms with E-state index in [1.807, 2.05) is 6.07 Å². The summed E-state index contributed by atoms with van der Waals surface area (Å²) in [4.78, 5) is 26.6. The second kappa shape index (κ2) is 6.91. The van der Waals surface area contributed by atoms with Crippen LogP contribution >= 0.6 is 0 Å². The molecule has 2 aromatic heterocycles. The van der Waals surface area contributed by atoms with E-state index in [-0.39, 0.29) is 18.0 Å². The van der Waals surface area contributed by atoms with Crippen LogP contribution in [0.25, 0.3) is 16.9 Å². The average molecular weight is 338 g/mol. The van der Waals surface area contributed by atoms with E-state index in [2.05, 4.69) is 10.1 Å². The van der Waals surface area contributed by atoms with Crippen LogP contribution in [0, 0.1) is 10.1 Å². The summed E-state index contributed by atoms with van der Waals surface area (Å²) in [5, 5.41) is 15.2. The molecule has 3 rings (SSSR count). The Balaban J connectivity index is 2.08. The Morgan fingerprint density at radius 3 is 2.64 bits per heavy atom. The largest absolute Gasteiger partial charge is 0.461 e. The molecule has 2 heterocycles. The number of carbonyl (C=O) groups is 1. The summed E-state index contributed by atoms with van der Waals surface area (Å²) in [6.45, 7) is 1.94. The zero-order valence-corrected chi connectivity index (χ0v) is 13.3. The van der Waals surface area contributed by atoms with Crippen molar-refractivity contribution in [1.29, 1.82) is 0 Å². The van der Waals surface area contributed by atoms with Gasteiger partial charge in [0, 0.05) is 30.1 Å². The van der Waals surface area contributed by atoms with Crippen LogP contribution in [0.4, 0.5) is 5.69 Å². The number of esters is 1. The standard InChI is InChI=1S/C17H14N4O4/c1-2-25-17(22)16-10-15(12-4-3-9-18-11-12)19-20(16)13-5-7-14(8-6-13)21(23)24/h3-11H,2H2,1H3. The quantitative estimate of drug-likeness (QED) is 0.403. The minimum atomic E-state index is -0.525. The Hall–Kier alpha value is -3.55. The molecule has 126 valence electrons. The van der Waals surface area contributed by atoms with Crippen molar-refractivity contribution < 1.29 is 14.5 Å². The minimum absolute atomic E-state index is 0.0407. The van der Waals surface area contributed by atoms with E-state index >= 15 is 0 Å². The van der Waals surface area contributed by atoms with Gasteiger partial charge >= 0.3 is 5.97 Å². The van der Waals surface area contributed by atoms with Crippen molar-refractivity contribution in [2.75, 3.05) is 6.61 Å². The van der Waals surface area contributed by atoms with E-state index in [0.717, 1.165) is 5.56 Å². The third-order valence-electron chi connectivity index (χ3n) is 3.46. The van der Waals surface area contributed by atoms with Crippen LogP contribution in [0.1, 0.15) is 17.4 Å². The van der Waals surface area contributed by atoms with E-state index in [9.17, 15) is 14.9 Å². The lowest BCUT2D eigenvalue weighted by atomic mass is 10.2. The van der Waals surface area contributed by atoms with Crippen LogP contribution < -0.4 is 0 Å². The molecule has 0 fully saturated rings. The van der Waals surface area contributed by atoms with Crippen molar-refractivity contribution in [1.82, 2.24) is 14.8 Å². The first-order valence-electron chi connectivity index (χ1n) is 7.52. The zero-order chi connectivity index (χ0) is 17.8. The van der Waals surface area contributed by atoms with E-state index in [0.29, 0.717) is 11.4 Å². The maximum Gasteiger partial charge on any atom is 0.357 e. The predicted octanol–water partition coefficient (Wildman–Crippen LogP) is 3.02. The lowest BCUT2D eigenvalue weighted by Crippen LogP contribution is -2.11. The Morgan fingerprint density at radius 1 is 1.28 bits per heavy atom. The summed E-state index contributed by atoms with van der Waals surface area (Å²) < 4.78 is 6.48. The molecule has 1 aromatic carbocycles. The highest BCUT2D eigenvalue weighted by Crippen LogP contribution is 2.23. The van der Waals surface area contributed by atoms with Gasteiger partial charge in [0.05, 0.1) is 22.9 Å². The molecule has 25 heavy (non-hydrogen) atoms. The molecule has 8 nitrogen and oxygen atoms in total. The summed E-state index contributed by atoms with van der Waals surface area (Å²) >= 11 is 0. The minimum Gasteiger partial charge on any atom is -0.461 e. The van der Waals surface area contributed by atoms with Gasteiger partial charge in [-0.25, -0.2) is 9.48 Å². The van der Waals surface area contributed by atoms with E-state index < -0.39 is 10.9 Å². The van der Waals surface area contributed by atoms with Crippen LogP contribution in [0.5, 0.6) is 0 Å². The molecular weight excluding hydrogens is 324 g/mol. The molecule has 0 radical (unpaired) electrons. The van der Waals surface area contributed by atoms with E-state index in [4.69, 9.17) is 4.74 Å². The molecule has 0 aliphatic rings. The number of rotatable bonds is 5. The second-order valence-corrected chi connectivity index (χ2v) is 5.06. The zero-order valence-electron chi connectivity index (χ0n) is 13.3. The van der Waals surface area contributed by atoms with Gasteiger partial charge in [0.2, 0.25) is 0 Å². The number of non-ortho nitro benzene ring substituents is 1. The smallest absolute Gasteiger partial charge is 0.357 e. The summed E-state index contributed by atoms with van der Waals surface area (Å²) in [6.07, 6.45) is 3.28. The molecule has 8 heteroatoms. The highest BCUT2D eigenvalue weighted by molar-refractivity contribution is 5.89. The first kappa shape index (κ1) is 16.3. The van der Waals surface area contributed by atoms with Gasteiger partial charge in [0.15, 0.2) is 5.69 Å². The van der Waals surface area contributed by atoms with Crippen LogP contribution in [0.2, 0.25) is 0 Å². The maximum atomic E-state index is 12.3. The van der Waals surface area contributed by atoms with E-state index in [1.54, 1.807) is 31.5 Å². The van der Waals surface area contributed by atoms with Crippen molar-refractivity contribution >= 4 is 11.7 Å². The molecule has 0 bridgehead atoms. The summed E-state index contributed by atoms with van der Waals surface area (Å²) in [6, 6.07) is 11.0. The van der Waals surface area contributed by atoms with Gasteiger partial charge in [0.25, 0.3) is 5.69 Å². The lowest BCUT2D eigenvalue weighted by Gasteiger charge is -2.06. The monoisotopic (exact) mass is 338 g/mol. The Kier molecular flexibility index (Phi) is 4.51. The number of nitro groups is 1. The average Bonchev–Trinajstić information content (AvgIpc) is 3.08. The molecule has 0 amide bonds. The van der Waals surface area contributed by atoms with Gasteiger partial charge in [-0.15, -0.1) is 0 Å². The molecule has 0 aliphatic heterocycles. The third kappa shape index (κ3) is 3.37. The summed E-state index contributed by atoms with van der Waals surface area (Å²) in [7, 11) is 0. The van der Waals surface area contributed by atoms with Gasteiger partial charge in [-0.05, 0) is 37.3 Å². The van der Waals surface area contributed by atoms with Gasteiger partial charge in [-0.1, -0.05) is 0 Å². The molecular formula is C17H14N4O4. The van der Waals surface area contributed by atoms with Crippen molar-refractivity contribution in [2.24, 2.45) is 0 Å². The number of ether oxygens (including phenoxy) is 1. The second-order valence-electron chi connectivity index (χ2n) is 5.06. The highest BCUT2D eigenvalue weighted by Gasteiger charge is 2.19. The lowest BCUT2D eigenvalue weighted by molar-refractivity contribution is -0.384. The Morgan fingerprint density at radius 2 is 2.04 bits per heavy atom. The molecule has 0 atom stereocenters. The normalized spacial score (nSPS) is 10.4. The fourth-order valence-electron chi connectivity index (χ4n) is 2.30. The molecule has 0 aliphatic carbocycles. The van der Waals surface area contributed by atoms with Crippen LogP contribution in [0.3, 0.4) is 0 Å². The topological polar surface area (TPSA) is 100 Å². The SMILES string of the molecule is CCOC(=O)c1cc(-c2cccnc2)nn1-c1ccc([N+](=O)[O-])cc1. The predicted molar refractivity (Wildman–Crippen MR) is 89.4 cm³/mol. The van der Waals surface area contributed by atoms with Crippen LogP contribution in [0.15, 0.2) is 54.9 Å². The first-order valence-corrected chi connectivity index (χ1v) is 7.52. The van der Waals surface area contributed by atoms with Crippen molar-refractivity contribution in [2.45, 2.75) is 6.92 Å². The van der Waals surface area contributed by atoms with E-state index in [1.165, 1.54) is 28.9 Å². The number of carbonyl (C=O) groups excluding carboxylic acids is 1. The molecule has 0 saturated carbocycles. The maximum absolute atomic E-state index is 12.3. The van der Waals surface area contributed by atoms with Gasteiger partial charge in [-0.2, -0.15) is 5.10 Å². The molecule has 0 spiro atoms. The number of nitro benzene ring substituents is 1. The number of nitrogens with zero attached hydrogens (tertiary/aromatic N) is 4. The third-order valence-corrected chi connectivity index (χ3v) is 3.46. The van der Waals surface area contributed by atoms with Gasteiger partial charge in [0.1, 0.15) is 0 Å². The Labute approximate surface area is 142 Å². The highest BCUT2D eigenvalue weighted by atomic mass is 16.6. The number of hydrogen-bond acceptors (Lipinski definition) is 6. The number of aromatic nitrogens is 3. The fourth-order valence-corrected chi connectivity index (χ4v) is 2.30. The van der Waals surface area contributed by atoms with Crippen LogP contribution in [-0.2, 0) is 4.74 Å². The van der Waals surface area contributed by atoms with Crippen molar-refractivity contribution in [3.05, 3.63) is 70.7 Å². The molecule has 3 aromatic rings. The van der Waals surface area contributed by atoms with Gasteiger partial charge < -0.3 is 4.74 Å². The molecule has 0 unspecified atom stereocenters. The van der Waals surface area contributed by atoms with Crippen molar-refractivity contribution in [3.63, 3.8) is 0 Å². The number of benzene rings is 1. The summed E-state index contributed by atoms with van der Waals surface area (Å²) in [5.74, 6) is -0.525. The number of pyridine rings is 1. The molecule has 0 N–H and O–H groups in total. The number of hydrogen-bond donors (Lipinski definition) is 0. The van der Waals surface area contributed by atoms with Gasteiger partial charge in [-0.3, -0.25) is 15.1 Å².